The highest BCUT2D eigenvalue weighted by atomic mass is 16.5. The molecule has 0 heterocycles. The van der Waals surface area contributed by atoms with Crippen LogP contribution in [0.5, 0.6) is 11.5 Å². The van der Waals surface area contributed by atoms with E-state index in [9.17, 15) is 4.79 Å². The molecule has 2 N–H and O–H groups in total. The molecule has 4 heteroatoms. The summed E-state index contributed by atoms with van der Waals surface area (Å²) in [6.45, 7) is 4.04. The first-order valence-corrected chi connectivity index (χ1v) is 6.42. The van der Waals surface area contributed by atoms with Crippen LogP contribution >= 0.6 is 0 Å². The van der Waals surface area contributed by atoms with E-state index in [0.29, 0.717) is 23.7 Å². The molecule has 0 saturated heterocycles. The van der Waals surface area contributed by atoms with E-state index < -0.39 is 5.97 Å². The molecule has 4 nitrogen and oxygen atoms in total. The van der Waals surface area contributed by atoms with Gasteiger partial charge in [-0.1, -0.05) is 18.2 Å². The summed E-state index contributed by atoms with van der Waals surface area (Å²) in [6.07, 6.45) is 0. The predicted octanol–water partition coefficient (Wildman–Crippen LogP) is 3.55. The fourth-order valence-electron chi connectivity index (χ4n) is 1.83. The Hall–Kier alpha value is -2.49. The first kappa shape index (κ1) is 13.9. The summed E-state index contributed by atoms with van der Waals surface area (Å²) in [5, 5.41) is 0. The van der Waals surface area contributed by atoms with Crippen LogP contribution in [0.3, 0.4) is 0 Å². The summed E-state index contributed by atoms with van der Waals surface area (Å²) in [6, 6.07) is 12.7. The number of para-hydroxylation sites is 1. The number of aryl methyl sites for hydroxylation is 1. The average molecular weight is 271 g/mol. The molecule has 2 aromatic rings. The van der Waals surface area contributed by atoms with Gasteiger partial charge < -0.3 is 15.2 Å². The number of ether oxygens (including phenoxy) is 2. The van der Waals surface area contributed by atoms with Gasteiger partial charge in [-0.3, -0.25) is 0 Å². The zero-order valence-corrected chi connectivity index (χ0v) is 11.6. The Balaban J connectivity index is 2.29. The van der Waals surface area contributed by atoms with Crippen LogP contribution in [0.25, 0.3) is 0 Å². The van der Waals surface area contributed by atoms with Crippen LogP contribution in [0.15, 0.2) is 42.5 Å². The van der Waals surface area contributed by atoms with Crippen LogP contribution in [0.4, 0.5) is 5.69 Å². The average Bonchev–Trinajstić information content (AvgIpc) is 2.41. The predicted molar refractivity (Wildman–Crippen MR) is 78.1 cm³/mol. The minimum Gasteiger partial charge on any atom is -0.462 e. The van der Waals surface area contributed by atoms with Gasteiger partial charge in [0, 0.05) is 0 Å². The van der Waals surface area contributed by atoms with Gasteiger partial charge in [-0.15, -0.1) is 0 Å². The minimum absolute atomic E-state index is 0.285. The van der Waals surface area contributed by atoms with Gasteiger partial charge in [0.15, 0.2) is 5.75 Å². The Labute approximate surface area is 118 Å². The number of nitrogens with two attached hydrogens (primary N) is 1. The van der Waals surface area contributed by atoms with Gasteiger partial charge in [-0.2, -0.15) is 0 Å². The van der Waals surface area contributed by atoms with Crippen molar-refractivity contribution in [2.75, 3.05) is 12.3 Å². The van der Waals surface area contributed by atoms with Gasteiger partial charge in [-0.05, 0) is 43.7 Å². The van der Waals surface area contributed by atoms with E-state index in [0.717, 1.165) is 5.56 Å². The van der Waals surface area contributed by atoms with Crippen LogP contribution in [-0.4, -0.2) is 12.6 Å². The second-order valence-electron chi connectivity index (χ2n) is 4.36. The lowest BCUT2D eigenvalue weighted by molar-refractivity contribution is 0.0527. The van der Waals surface area contributed by atoms with Crippen molar-refractivity contribution in [1.82, 2.24) is 0 Å². The first-order valence-electron chi connectivity index (χ1n) is 6.42. The van der Waals surface area contributed by atoms with E-state index in [1.807, 2.05) is 31.2 Å². The molecule has 0 bridgehead atoms. The molecule has 2 rings (SSSR count). The summed E-state index contributed by atoms with van der Waals surface area (Å²) in [5.41, 5.74) is 7.66. The summed E-state index contributed by atoms with van der Waals surface area (Å²) in [7, 11) is 0. The zero-order valence-electron chi connectivity index (χ0n) is 11.6. The monoisotopic (exact) mass is 271 g/mol. The van der Waals surface area contributed by atoms with E-state index in [4.69, 9.17) is 15.2 Å². The maximum atomic E-state index is 11.8. The molecule has 0 amide bonds. The summed E-state index contributed by atoms with van der Waals surface area (Å²) in [4.78, 5) is 11.8. The molecule has 104 valence electrons. The maximum Gasteiger partial charge on any atom is 0.340 e. The van der Waals surface area contributed by atoms with Gasteiger partial charge in [0.05, 0.1) is 17.9 Å². The number of hydrogen-bond donors (Lipinski definition) is 1. The topological polar surface area (TPSA) is 61.5 Å². The summed E-state index contributed by atoms with van der Waals surface area (Å²) in [5.74, 6) is 0.679. The molecule has 0 aromatic heterocycles. The molecule has 0 aliphatic carbocycles. The Bertz CT molecular complexity index is 623. The maximum absolute atomic E-state index is 11.8. The van der Waals surface area contributed by atoms with Crippen molar-refractivity contribution in [2.24, 2.45) is 0 Å². The molecule has 0 spiro atoms. The van der Waals surface area contributed by atoms with Crippen molar-refractivity contribution in [1.29, 1.82) is 0 Å². The van der Waals surface area contributed by atoms with Gasteiger partial charge in [0.1, 0.15) is 5.75 Å². The van der Waals surface area contributed by atoms with E-state index in [-0.39, 0.29) is 5.69 Å². The van der Waals surface area contributed by atoms with Crippen LogP contribution in [0.2, 0.25) is 0 Å². The van der Waals surface area contributed by atoms with Crippen molar-refractivity contribution in [2.45, 2.75) is 13.8 Å². The van der Waals surface area contributed by atoms with Gasteiger partial charge in [-0.25, -0.2) is 4.79 Å². The summed E-state index contributed by atoms with van der Waals surface area (Å²) >= 11 is 0. The van der Waals surface area contributed by atoms with E-state index >= 15 is 0 Å². The van der Waals surface area contributed by atoms with Crippen molar-refractivity contribution in [3.63, 3.8) is 0 Å². The molecular formula is C16H17NO3. The number of carbonyl (C=O) groups excluding carboxylic acids is 1. The Morgan fingerprint density at radius 3 is 2.65 bits per heavy atom. The molecule has 0 aliphatic heterocycles. The Morgan fingerprint density at radius 2 is 1.95 bits per heavy atom. The normalized spacial score (nSPS) is 10.1. The first-order chi connectivity index (χ1) is 9.61. The summed E-state index contributed by atoms with van der Waals surface area (Å²) < 4.78 is 10.7. The fraction of sp³-hybridized carbons (Fsp3) is 0.188. The molecule has 0 unspecified atom stereocenters. The molecule has 20 heavy (non-hydrogen) atoms. The van der Waals surface area contributed by atoms with Crippen LogP contribution in [0, 0.1) is 6.92 Å². The number of nitrogen functional groups attached to an aromatic ring is 1. The zero-order chi connectivity index (χ0) is 14.5. The molecular weight excluding hydrogens is 254 g/mol. The lowest BCUT2D eigenvalue weighted by Gasteiger charge is -2.11. The van der Waals surface area contributed by atoms with Gasteiger partial charge >= 0.3 is 5.97 Å². The third-order valence-electron chi connectivity index (χ3n) is 2.78. The molecule has 0 radical (unpaired) electrons. The Morgan fingerprint density at radius 1 is 1.20 bits per heavy atom. The SMILES string of the molecule is CCOC(=O)c1cccc(Oc2cccc(C)c2)c1N. The van der Waals surface area contributed by atoms with Crippen LogP contribution in [0.1, 0.15) is 22.8 Å². The van der Waals surface area contributed by atoms with Crippen molar-refractivity contribution in [3.8, 4) is 11.5 Å². The number of esters is 1. The Kier molecular flexibility index (Phi) is 4.25. The fourth-order valence-corrected chi connectivity index (χ4v) is 1.83. The molecule has 0 saturated carbocycles. The highest BCUT2D eigenvalue weighted by Crippen LogP contribution is 2.30. The second-order valence-corrected chi connectivity index (χ2v) is 4.36. The highest BCUT2D eigenvalue weighted by molar-refractivity contribution is 5.96. The highest BCUT2D eigenvalue weighted by Gasteiger charge is 2.14. The number of rotatable bonds is 4. The quantitative estimate of drug-likeness (QED) is 0.682. The molecule has 0 fully saturated rings. The van der Waals surface area contributed by atoms with Crippen LogP contribution in [-0.2, 0) is 4.74 Å². The third-order valence-corrected chi connectivity index (χ3v) is 2.78. The number of anilines is 1. The largest absolute Gasteiger partial charge is 0.462 e. The van der Waals surface area contributed by atoms with E-state index in [2.05, 4.69) is 0 Å². The molecule has 2 aromatic carbocycles. The standard InChI is InChI=1S/C16H17NO3/c1-3-19-16(18)13-8-5-9-14(15(13)17)20-12-7-4-6-11(2)10-12/h4-10H,3,17H2,1-2H3. The number of benzene rings is 2. The second kappa shape index (κ2) is 6.10. The lowest BCUT2D eigenvalue weighted by Crippen LogP contribution is -2.08. The smallest absolute Gasteiger partial charge is 0.340 e. The van der Waals surface area contributed by atoms with Crippen molar-refractivity contribution < 1.29 is 14.3 Å². The van der Waals surface area contributed by atoms with E-state index in [1.54, 1.807) is 25.1 Å². The third kappa shape index (κ3) is 3.09. The number of hydrogen-bond acceptors (Lipinski definition) is 4. The van der Waals surface area contributed by atoms with Crippen LogP contribution < -0.4 is 10.5 Å². The van der Waals surface area contributed by atoms with Gasteiger partial charge in [0.2, 0.25) is 0 Å². The minimum atomic E-state index is -0.445. The van der Waals surface area contributed by atoms with Crippen molar-refractivity contribution >= 4 is 11.7 Å². The molecule has 0 aliphatic rings. The van der Waals surface area contributed by atoms with Crippen molar-refractivity contribution in [3.05, 3.63) is 53.6 Å². The van der Waals surface area contributed by atoms with E-state index in [1.165, 1.54) is 0 Å². The molecule has 0 atom stereocenters. The lowest BCUT2D eigenvalue weighted by atomic mass is 10.1. The van der Waals surface area contributed by atoms with Gasteiger partial charge in [0.25, 0.3) is 0 Å². The number of carbonyl (C=O) groups is 1.